The van der Waals surface area contributed by atoms with Gasteiger partial charge in [0.05, 0.1) is 5.56 Å². The van der Waals surface area contributed by atoms with Crippen LogP contribution in [-0.2, 0) is 10.2 Å². The van der Waals surface area contributed by atoms with Crippen molar-refractivity contribution in [2.75, 3.05) is 25.6 Å². The summed E-state index contributed by atoms with van der Waals surface area (Å²) >= 11 is 0. The zero-order valence-corrected chi connectivity index (χ0v) is 15.3. The summed E-state index contributed by atoms with van der Waals surface area (Å²) in [5.74, 6) is 0.275. The first-order chi connectivity index (χ1) is 11.9. The molecule has 0 spiro atoms. The van der Waals surface area contributed by atoms with Crippen LogP contribution in [-0.4, -0.2) is 36.1 Å². The molecule has 2 rings (SSSR count). The molecule has 0 saturated carbocycles. The van der Waals surface area contributed by atoms with E-state index in [9.17, 15) is 4.79 Å². The van der Waals surface area contributed by atoms with E-state index in [1.165, 1.54) is 18.0 Å². The Labute approximate surface area is 149 Å². The number of aromatic nitrogens is 2. The molecule has 0 radical (unpaired) electrons. The molecule has 0 aliphatic rings. The predicted molar refractivity (Wildman–Crippen MR) is 99.3 cm³/mol. The van der Waals surface area contributed by atoms with E-state index in [1.807, 2.05) is 12.1 Å². The third kappa shape index (κ3) is 5.83. The van der Waals surface area contributed by atoms with Crippen molar-refractivity contribution in [3.63, 3.8) is 0 Å². The fourth-order valence-corrected chi connectivity index (χ4v) is 2.21. The largest absolute Gasteiger partial charge is 0.385 e. The van der Waals surface area contributed by atoms with E-state index in [1.54, 1.807) is 7.11 Å². The lowest BCUT2D eigenvalue weighted by Gasteiger charge is -2.19. The van der Waals surface area contributed by atoms with Crippen LogP contribution in [0.1, 0.15) is 43.1 Å². The van der Waals surface area contributed by atoms with Crippen LogP contribution in [0.3, 0.4) is 0 Å². The number of ether oxygens (including phenoxy) is 1. The lowest BCUT2D eigenvalue weighted by molar-refractivity contribution is 0.0948. The van der Waals surface area contributed by atoms with E-state index in [0.29, 0.717) is 24.7 Å². The van der Waals surface area contributed by atoms with Gasteiger partial charge >= 0.3 is 0 Å². The number of carbonyl (C=O) groups is 1. The summed E-state index contributed by atoms with van der Waals surface area (Å²) in [6.07, 6.45) is 3.81. The van der Waals surface area contributed by atoms with Gasteiger partial charge in [-0.25, -0.2) is 9.97 Å². The summed E-state index contributed by atoms with van der Waals surface area (Å²) in [7, 11) is 1.64. The number of carbonyl (C=O) groups excluding carboxylic acids is 1. The highest BCUT2D eigenvalue weighted by molar-refractivity contribution is 5.93. The molecule has 0 aliphatic carbocycles. The van der Waals surface area contributed by atoms with Gasteiger partial charge in [0.15, 0.2) is 0 Å². The van der Waals surface area contributed by atoms with Crippen LogP contribution >= 0.6 is 0 Å². The fraction of sp³-hybridized carbons (Fsp3) is 0.421. The van der Waals surface area contributed by atoms with Crippen LogP contribution in [0.2, 0.25) is 0 Å². The third-order valence-electron chi connectivity index (χ3n) is 3.73. The Morgan fingerprint density at radius 3 is 2.32 bits per heavy atom. The van der Waals surface area contributed by atoms with Crippen LogP contribution in [0.4, 0.5) is 11.6 Å². The van der Waals surface area contributed by atoms with Crippen molar-refractivity contribution < 1.29 is 9.53 Å². The molecule has 1 amide bonds. The molecular weight excluding hydrogens is 316 g/mol. The molecule has 0 aliphatic heterocycles. The molecule has 1 heterocycles. The molecule has 6 nitrogen and oxygen atoms in total. The molecular formula is C19H26N4O2. The lowest BCUT2D eigenvalue weighted by atomic mass is 9.87. The van der Waals surface area contributed by atoms with Gasteiger partial charge in [0, 0.05) is 38.3 Å². The molecule has 0 bridgehead atoms. The van der Waals surface area contributed by atoms with Crippen molar-refractivity contribution in [2.24, 2.45) is 0 Å². The maximum Gasteiger partial charge on any atom is 0.254 e. The number of nitrogens with zero attached hydrogens (tertiary/aromatic N) is 2. The number of hydrogen-bond donors (Lipinski definition) is 2. The number of rotatable bonds is 7. The van der Waals surface area contributed by atoms with Crippen LogP contribution in [0.25, 0.3) is 0 Å². The standard InChI is InChI=1S/C19H26N4O2/c1-19(2,3)15-6-8-16(9-7-15)23-18-21-12-14(13-22-18)17(24)20-10-5-11-25-4/h6-9,12-13H,5,10-11H2,1-4H3,(H,20,24)(H,21,22,23). The number of amides is 1. The van der Waals surface area contributed by atoms with Crippen LogP contribution in [0.15, 0.2) is 36.7 Å². The van der Waals surface area contributed by atoms with Crippen LogP contribution in [0.5, 0.6) is 0 Å². The van der Waals surface area contributed by atoms with Crippen molar-refractivity contribution in [2.45, 2.75) is 32.6 Å². The minimum Gasteiger partial charge on any atom is -0.385 e. The number of nitrogens with one attached hydrogen (secondary N) is 2. The summed E-state index contributed by atoms with van der Waals surface area (Å²) in [4.78, 5) is 20.4. The van der Waals surface area contributed by atoms with Gasteiger partial charge in [-0.15, -0.1) is 0 Å². The van der Waals surface area contributed by atoms with E-state index < -0.39 is 0 Å². The first-order valence-electron chi connectivity index (χ1n) is 8.37. The highest BCUT2D eigenvalue weighted by Gasteiger charge is 2.13. The van der Waals surface area contributed by atoms with E-state index in [2.05, 4.69) is 53.5 Å². The molecule has 0 saturated heterocycles. The second-order valence-electron chi connectivity index (χ2n) is 6.85. The van der Waals surface area contributed by atoms with Crippen molar-refractivity contribution in [3.05, 3.63) is 47.8 Å². The number of anilines is 2. The van der Waals surface area contributed by atoms with Gasteiger partial charge in [-0.2, -0.15) is 0 Å². The Hall–Kier alpha value is -2.47. The zero-order valence-electron chi connectivity index (χ0n) is 15.3. The van der Waals surface area contributed by atoms with Crippen molar-refractivity contribution in [1.82, 2.24) is 15.3 Å². The summed E-state index contributed by atoms with van der Waals surface area (Å²) in [6.45, 7) is 7.72. The Kier molecular flexibility index (Phi) is 6.47. The molecule has 25 heavy (non-hydrogen) atoms. The topological polar surface area (TPSA) is 76.1 Å². The van der Waals surface area contributed by atoms with E-state index in [0.717, 1.165) is 12.1 Å². The number of hydrogen-bond acceptors (Lipinski definition) is 5. The predicted octanol–water partition coefficient (Wildman–Crippen LogP) is 3.28. The molecule has 2 aromatic rings. The monoisotopic (exact) mass is 342 g/mol. The normalized spacial score (nSPS) is 11.2. The maximum absolute atomic E-state index is 12.0. The molecule has 134 valence electrons. The van der Waals surface area contributed by atoms with Gasteiger partial charge in [0.25, 0.3) is 5.91 Å². The number of methoxy groups -OCH3 is 1. The molecule has 1 aromatic heterocycles. The highest BCUT2D eigenvalue weighted by Crippen LogP contribution is 2.24. The van der Waals surface area contributed by atoms with Crippen LogP contribution < -0.4 is 10.6 Å². The smallest absolute Gasteiger partial charge is 0.254 e. The zero-order chi connectivity index (χ0) is 18.3. The summed E-state index contributed by atoms with van der Waals surface area (Å²) in [5, 5.41) is 5.94. The van der Waals surface area contributed by atoms with Crippen molar-refractivity contribution in [3.8, 4) is 0 Å². The fourth-order valence-electron chi connectivity index (χ4n) is 2.21. The van der Waals surface area contributed by atoms with Crippen molar-refractivity contribution in [1.29, 1.82) is 0 Å². The first-order valence-corrected chi connectivity index (χ1v) is 8.37. The molecule has 0 fully saturated rings. The van der Waals surface area contributed by atoms with E-state index in [-0.39, 0.29) is 11.3 Å². The first kappa shape index (κ1) is 18.9. The average Bonchev–Trinajstić information content (AvgIpc) is 2.59. The Balaban J connectivity index is 1.92. The van der Waals surface area contributed by atoms with Gasteiger partial charge in [-0.1, -0.05) is 32.9 Å². The molecule has 1 aromatic carbocycles. The highest BCUT2D eigenvalue weighted by atomic mass is 16.5. The Morgan fingerprint density at radius 2 is 1.76 bits per heavy atom. The van der Waals surface area contributed by atoms with Crippen LogP contribution in [0, 0.1) is 0 Å². The second-order valence-corrected chi connectivity index (χ2v) is 6.85. The minimum atomic E-state index is -0.183. The lowest BCUT2D eigenvalue weighted by Crippen LogP contribution is -2.25. The minimum absolute atomic E-state index is 0.118. The quantitative estimate of drug-likeness (QED) is 0.755. The maximum atomic E-state index is 12.0. The Bertz CT molecular complexity index is 676. The summed E-state index contributed by atoms with van der Waals surface area (Å²) < 4.78 is 4.94. The third-order valence-corrected chi connectivity index (χ3v) is 3.73. The van der Waals surface area contributed by atoms with Gasteiger partial charge in [0.1, 0.15) is 0 Å². The summed E-state index contributed by atoms with van der Waals surface area (Å²) in [6, 6.07) is 8.18. The average molecular weight is 342 g/mol. The SMILES string of the molecule is COCCCNC(=O)c1cnc(Nc2ccc(C(C)(C)C)cc2)nc1. The van der Waals surface area contributed by atoms with Gasteiger partial charge in [-0.3, -0.25) is 4.79 Å². The van der Waals surface area contributed by atoms with Gasteiger partial charge < -0.3 is 15.4 Å². The molecule has 0 unspecified atom stereocenters. The molecule has 2 N–H and O–H groups in total. The molecule has 6 heteroatoms. The molecule has 0 atom stereocenters. The van der Waals surface area contributed by atoms with E-state index in [4.69, 9.17) is 4.74 Å². The Morgan fingerprint density at radius 1 is 1.12 bits per heavy atom. The number of benzene rings is 1. The van der Waals surface area contributed by atoms with Gasteiger partial charge in [0.2, 0.25) is 5.95 Å². The second kappa shape index (κ2) is 8.58. The summed E-state index contributed by atoms with van der Waals surface area (Å²) in [5.41, 5.74) is 2.73. The van der Waals surface area contributed by atoms with Crippen molar-refractivity contribution >= 4 is 17.5 Å². The van der Waals surface area contributed by atoms with Gasteiger partial charge in [-0.05, 0) is 29.5 Å². The van der Waals surface area contributed by atoms with E-state index >= 15 is 0 Å².